The normalized spacial score (nSPS) is 12.5. The third kappa shape index (κ3) is 8.23. The van der Waals surface area contributed by atoms with Gasteiger partial charge in [0.15, 0.2) is 0 Å². The van der Waals surface area contributed by atoms with Crippen molar-refractivity contribution >= 4 is 11.9 Å². The first kappa shape index (κ1) is 14.9. The van der Waals surface area contributed by atoms with Gasteiger partial charge in [0.25, 0.3) is 0 Å². The molecule has 5 nitrogen and oxygen atoms in total. The van der Waals surface area contributed by atoms with Gasteiger partial charge in [-0.15, -0.1) is 0 Å². The van der Waals surface area contributed by atoms with E-state index in [2.05, 4.69) is 5.32 Å². The Morgan fingerprint density at radius 1 is 1.38 bits per heavy atom. The van der Waals surface area contributed by atoms with Gasteiger partial charge >= 0.3 is 5.97 Å². The molecule has 94 valence electrons. The molecule has 1 atom stereocenters. The molecule has 2 N–H and O–H groups in total. The summed E-state index contributed by atoms with van der Waals surface area (Å²) >= 11 is 0. The lowest BCUT2D eigenvalue weighted by Crippen LogP contribution is -2.33. The highest BCUT2D eigenvalue weighted by Crippen LogP contribution is 2.06. The second-order valence-electron chi connectivity index (χ2n) is 4.04. The van der Waals surface area contributed by atoms with Gasteiger partial charge in [-0.3, -0.25) is 9.59 Å². The van der Waals surface area contributed by atoms with E-state index in [0.717, 1.165) is 6.42 Å². The van der Waals surface area contributed by atoms with E-state index in [9.17, 15) is 9.59 Å². The van der Waals surface area contributed by atoms with Gasteiger partial charge in [0, 0.05) is 13.0 Å². The number of carbonyl (C=O) groups excluding carboxylic acids is 1. The van der Waals surface area contributed by atoms with E-state index < -0.39 is 5.97 Å². The highest BCUT2D eigenvalue weighted by molar-refractivity contribution is 5.77. The average Bonchev–Trinajstić information content (AvgIpc) is 2.20. The summed E-state index contributed by atoms with van der Waals surface area (Å²) < 4.78 is 5.12. The first-order chi connectivity index (χ1) is 7.45. The maximum atomic E-state index is 11.3. The molecule has 0 radical (unpaired) electrons. The van der Waals surface area contributed by atoms with Crippen LogP contribution < -0.4 is 5.32 Å². The molecule has 5 heteroatoms. The lowest BCUT2D eigenvalue weighted by molar-refractivity contribution is -0.138. The van der Waals surface area contributed by atoms with Crippen molar-refractivity contribution in [3.63, 3.8) is 0 Å². The minimum Gasteiger partial charge on any atom is -0.481 e. The van der Waals surface area contributed by atoms with Crippen LogP contribution in [0, 0.1) is 5.92 Å². The van der Waals surface area contributed by atoms with E-state index in [1.165, 1.54) is 0 Å². The SMILES string of the molecule is CCC(CNC(=O)COC(C)C)CC(=O)O. The molecule has 0 aromatic carbocycles. The molecule has 0 spiro atoms. The standard InChI is InChI=1S/C11H21NO4/c1-4-9(5-11(14)15)6-12-10(13)7-16-8(2)3/h8-9H,4-7H2,1-3H3,(H,12,13)(H,14,15). The van der Waals surface area contributed by atoms with E-state index in [1.54, 1.807) is 0 Å². The predicted molar refractivity (Wildman–Crippen MR) is 60.1 cm³/mol. The Hall–Kier alpha value is -1.10. The zero-order valence-electron chi connectivity index (χ0n) is 10.2. The molecule has 0 saturated heterocycles. The molecule has 1 unspecified atom stereocenters. The highest BCUT2D eigenvalue weighted by atomic mass is 16.5. The molecule has 0 aliphatic heterocycles. The smallest absolute Gasteiger partial charge is 0.303 e. The van der Waals surface area contributed by atoms with Crippen molar-refractivity contribution in [1.82, 2.24) is 5.32 Å². The number of rotatable bonds is 8. The third-order valence-electron chi connectivity index (χ3n) is 2.18. The van der Waals surface area contributed by atoms with Crippen LogP contribution in [0.15, 0.2) is 0 Å². The molecule has 0 bridgehead atoms. The third-order valence-corrected chi connectivity index (χ3v) is 2.18. The molecule has 0 aliphatic carbocycles. The second-order valence-corrected chi connectivity index (χ2v) is 4.04. The molecule has 0 aromatic rings. The van der Waals surface area contributed by atoms with E-state index >= 15 is 0 Å². The number of nitrogens with one attached hydrogen (secondary N) is 1. The lowest BCUT2D eigenvalue weighted by atomic mass is 10.0. The summed E-state index contributed by atoms with van der Waals surface area (Å²) in [5, 5.41) is 11.3. The molecular formula is C11H21NO4. The van der Waals surface area contributed by atoms with Crippen molar-refractivity contribution in [2.45, 2.75) is 39.7 Å². The predicted octanol–water partition coefficient (Wildman–Crippen LogP) is 1.03. The Labute approximate surface area is 96.2 Å². The summed E-state index contributed by atoms with van der Waals surface area (Å²) in [4.78, 5) is 21.8. The zero-order chi connectivity index (χ0) is 12.6. The summed E-state index contributed by atoms with van der Waals surface area (Å²) in [6.45, 7) is 6.04. The van der Waals surface area contributed by atoms with Gasteiger partial charge in [-0.2, -0.15) is 0 Å². The van der Waals surface area contributed by atoms with Crippen LogP contribution in [-0.2, 0) is 14.3 Å². The monoisotopic (exact) mass is 231 g/mol. The first-order valence-electron chi connectivity index (χ1n) is 5.55. The summed E-state index contributed by atoms with van der Waals surface area (Å²) in [6, 6.07) is 0. The summed E-state index contributed by atoms with van der Waals surface area (Å²) in [7, 11) is 0. The van der Waals surface area contributed by atoms with Gasteiger partial charge < -0.3 is 15.2 Å². The van der Waals surface area contributed by atoms with Crippen molar-refractivity contribution in [3.8, 4) is 0 Å². The van der Waals surface area contributed by atoms with Crippen LogP contribution in [0.2, 0.25) is 0 Å². The minimum absolute atomic E-state index is 0.0134. The molecule has 0 saturated carbocycles. The van der Waals surface area contributed by atoms with E-state index in [1.807, 2.05) is 20.8 Å². The van der Waals surface area contributed by atoms with Crippen molar-refractivity contribution in [1.29, 1.82) is 0 Å². The maximum Gasteiger partial charge on any atom is 0.303 e. The van der Waals surface area contributed by atoms with Crippen LogP contribution in [0.4, 0.5) is 0 Å². The van der Waals surface area contributed by atoms with Crippen molar-refractivity contribution in [2.24, 2.45) is 5.92 Å². The number of carboxylic acid groups (broad SMARTS) is 1. The van der Waals surface area contributed by atoms with Crippen LogP contribution in [0.25, 0.3) is 0 Å². The molecule has 0 fully saturated rings. The van der Waals surface area contributed by atoms with E-state index in [-0.39, 0.29) is 31.0 Å². The number of carbonyl (C=O) groups is 2. The van der Waals surface area contributed by atoms with Crippen LogP contribution in [0.5, 0.6) is 0 Å². The lowest BCUT2D eigenvalue weighted by Gasteiger charge is -2.14. The molecule has 0 rings (SSSR count). The maximum absolute atomic E-state index is 11.3. The van der Waals surface area contributed by atoms with Gasteiger partial charge in [0.05, 0.1) is 6.10 Å². The molecular weight excluding hydrogens is 210 g/mol. The van der Waals surface area contributed by atoms with E-state index in [4.69, 9.17) is 9.84 Å². The summed E-state index contributed by atoms with van der Waals surface area (Å²) in [5.74, 6) is -1.04. The van der Waals surface area contributed by atoms with Crippen LogP contribution in [0.1, 0.15) is 33.6 Å². The number of amides is 1. The molecule has 16 heavy (non-hydrogen) atoms. The molecule has 0 aliphatic rings. The topological polar surface area (TPSA) is 75.6 Å². The number of carboxylic acids is 1. The van der Waals surface area contributed by atoms with Crippen molar-refractivity contribution in [3.05, 3.63) is 0 Å². The molecule has 1 amide bonds. The average molecular weight is 231 g/mol. The fourth-order valence-corrected chi connectivity index (χ4v) is 1.16. The zero-order valence-corrected chi connectivity index (χ0v) is 10.2. The highest BCUT2D eigenvalue weighted by Gasteiger charge is 2.12. The van der Waals surface area contributed by atoms with E-state index in [0.29, 0.717) is 6.54 Å². The Bertz CT molecular complexity index is 228. The van der Waals surface area contributed by atoms with Gasteiger partial charge in [0.1, 0.15) is 6.61 Å². The number of hydrogen-bond acceptors (Lipinski definition) is 3. The van der Waals surface area contributed by atoms with Gasteiger partial charge in [-0.05, 0) is 19.8 Å². The Morgan fingerprint density at radius 2 is 2.00 bits per heavy atom. The molecule has 0 heterocycles. The van der Waals surface area contributed by atoms with Crippen LogP contribution in [-0.4, -0.2) is 36.2 Å². The number of ether oxygens (including phenoxy) is 1. The summed E-state index contributed by atoms with van der Waals surface area (Å²) in [5.41, 5.74) is 0. The fourth-order valence-electron chi connectivity index (χ4n) is 1.16. The fraction of sp³-hybridized carbons (Fsp3) is 0.818. The van der Waals surface area contributed by atoms with Crippen LogP contribution in [0.3, 0.4) is 0 Å². The minimum atomic E-state index is -0.834. The number of aliphatic carboxylic acids is 1. The van der Waals surface area contributed by atoms with Gasteiger partial charge in [-0.1, -0.05) is 13.3 Å². The summed E-state index contributed by atoms with van der Waals surface area (Å²) in [6.07, 6.45) is 0.839. The van der Waals surface area contributed by atoms with Gasteiger partial charge in [-0.25, -0.2) is 0 Å². The molecule has 0 aromatic heterocycles. The Balaban J connectivity index is 3.75. The van der Waals surface area contributed by atoms with Crippen molar-refractivity contribution < 1.29 is 19.4 Å². The Kier molecular flexibility index (Phi) is 7.54. The number of hydrogen-bond donors (Lipinski definition) is 2. The quantitative estimate of drug-likeness (QED) is 0.654. The van der Waals surface area contributed by atoms with Gasteiger partial charge in [0.2, 0.25) is 5.91 Å². The van der Waals surface area contributed by atoms with Crippen LogP contribution >= 0.6 is 0 Å². The second kappa shape index (κ2) is 8.10. The Morgan fingerprint density at radius 3 is 2.44 bits per heavy atom. The van der Waals surface area contributed by atoms with Crippen molar-refractivity contribution in [2.75, 3.05) is 13.2 Å². The largest absolute Gasteiger partial charge is 0.481 e. The first-order valence-corrected chi connectivity index (χ1v) is 5.55.